The van der Waals surface area contributed by atoms with E-state index in [2.05, 4.69) is 32.7 Å². The predicted octanol–water partition coefficient (Wildman–Crippen LogP) is 3.23. The highest BCUT2D eigenvalue weighted by Gasteiger charge is 2.17. The minimum Gasteiger partial charge on any atom is -0.438 e. The number of anilines is 1. The zero-order chi connectivity index (χ0) is 19.2. The van der Waals surface area contributed by atoms with E-state index in [1.807, 2.05) is 24.3 Å². The van der Waals surface area contributed by atoms with Crippen molar-refractivity contribution < 1.29 is 14.0 Å². The number of oxazole rings is 1. The quantitative estimate of drug-likeness (QED) is 0.614. The van der Waals surface area contributed by atoms with E-state index in [1.54, 1.807) is 6.92 Å². The lowest BCUT2D eigenvalue weighted by molar-refractivity contribution is -0.124. The molecule has 0 radical (unpaired) electrons. The summed E-state index contributed by atoms with van der Waals surface area (Å²) in [4.78, 5) is 28.4. The van der Waals surface area contributed by atoms with E-state index < -0.39 is 0 Å². The summed E-state index contributed by atoms with van der Waals surface area (Å²) in [6.07, 6.45) is 1.94. The van der Waals surface area contributed by atoms with E-state index in [0.717, 1.165) is 23.4 Å². The fourth-order valence-electron chi connectivity index (χ4n) is 2.48. The van der Waals surface area contributed by atoms with E-state index in [-0.39, 0.29) is 30.7 Å². The van der Waals surface area contributed by atoms with E-state index in [1.165, 1.54) is 11.3 Å². The summed E-state index contributed by atoms with van der Waals surface area (Å²) in [6.45, 7) is 3.85. The summed E-state index contributed by atoms with van der Waals surface area (Å²) >= 11 is 1.35. The molecule has 1 aromatic carbocycles. The van der Waals surface area contributed by atoms with Gasteiger partial charge in [0.2, 0.25) is 22.8 Å². The Morgan fingerprint density at radius 1 is 1.19 bits per heavy atom. The molecule has 27 heavy (non-hydrogen) atoms. The van der Waals surface area contributed by atoms with Gasteiger partial charge in [0.05, 0.1) is 0 Å². The minimum atomic E-state index is -0.382. The molecule has 0 saturated carbocycles. The Morgan fingerprint density at radius 3 is 2.74 bits per heavy atom. The van der Waals surface area contributed by atoms with Crippen LogP contribution < -0.4 is 10.6 Å². The maximum absolute atomic E-state index is 12.1. The molecular formula is C18H21N5O3S. The topological polar surface area (TPSA) is 110 Å². The summed E-state index contributed by atoms with van der Waals surface area (Å²) in [5.74, 6) is -0.0750. The van der Waals surface area contributed by atoms with Crippen molar-refractivity contribution in [3.63, 3.8) is 0 Å². The van der Waals surface area contributed by atoms with Gasteiger partial charge in [-0.1, -0.05) is 30.4 Å². The lowest BCUT2D eigenvalue weighted by atomic mass is 10.2. The number of carbonyl (C=O) groups excluding carboxylic acids is 2. The van der Waals surface area contributed by atoms with Gasteiger partial charge < -0.3 is 15.1 Å². The molecule has 2 amide bonds. The van der Waals surface area contributed by atoms with Crippen molar-refractivity contribution in [2.24, 2.45) is 0 Å². The van der Waals surface area contributed by atoms with E-state index in [0.29, 0.717) is 16.6 Å². The SMILES string of the molecule is CCCc1nnc(NC(=O)CCC(=O)NC(C)c2nc3ccccc3o2)s1. The van der Waals surface area contributed by atoms with Crippen molar-refractivity contribution >= 4 is 39.4 Å². The molecule has 0 fully saturated rings. The zero-order valence-electron chi connectivity index (χ0n) is 15.2. The Hall–Kier alpha value is -2.81. The molecule has 0 bridgehead atoms. The average molecular weight is 387 g/mol. The molecule has 3 rings (SSSR count). The third kappa shape index (κ3) is 5.10. The maximum atomic E-state index is 12.1. The van der Waals surface area contributed by atoms with Crippen LogP contribution in [0.25, 0.3) is 11.1 Å². The molecule has 0 aliphatic rings. The number of benzene rings is 1. The Kier molecular flexibility index (Phi) is 6.12. The van der Waals surface area contributed by atoms with Crippen LogP contribution in [-0.2, 0) is 16.0 Å². The van der Waals surface area contributed by atoms with E-state index in [4.69, 9.17) is 4.42 Å². The Bertz CT molecular complexity index is 903. The second-order valence-electron chi connectivity index (χ2n) is 6.11. The van der Waals surface area contributed by atoms with Crippen molar-refractivity contribution in [2.75, 3.05) is 5.32 Å². The van der Waals surface area contributed by atoms with Crippen molar-refractivity contribution in [1.82, 2.24) is 20.5 Å². The number of aromatic nitrogens is 3. The second kappa shape index (κ2) is 8.72. The number of hydrogen-bond donors (Lipinski definition) is 2. The van der Waals surface area contributed by atoms with Crippen LogP contribution in [-0.4, -0.2) is 27.0 Å². The zero-order valence-corrected chi connectivity index (χ0v) is 16.0. The number of nitrogens with one attached hydrogen (secondary N) is 2. The number of carbonyl (C=O) groups is 2. The van der Waals surface area contributed by atoms with Gasteiger partial charge in [0.1, 0.15) is 16.6 Å². The van der Waals surface area contributed by atoms with Crippen molar-refractivity contribution in [3.05, 3.63) is 35.2 Å². The smallest absolute Gasteiger partial charge is 0.226 e. The number of fused-ring (bicyclic) bond motifs is 1. The number of amides is 2. The lowest BCUT2D eigenvalue weighted by Crippen LogP contribution is -2.27. The molecule has 2 heterocycles. The van der Waals surface area contributed by atoms with Crippen molar-refractivity contribution in [2.45, 2.75) is 45.6 Å². The molecule has 0 saturated heterocycles. The van der Waals surface area contributed by atoms with Gasteiger partial charge in [0.25, 0.3) is 0 Å². The van der Waals surface area contributed by atoms with Crippen LogP contribution in [0.5, 0.6) is 0 Å². The van der Waals surface area contributed by atoms with Crippen LogP contribution in [0, 0.1) is 0 Å². The van der Waals surface area contributed by atoms with Crippen LogP contribution in [0.2, 0.25) is 0 Å². The van der Waals surface area contributed by atoms with Gasteiger partial charge in [-0.2, -0.15) is 0 Å². The van der Waals surface area contributed by atoms with Gasteiger partial charge in [-0.25, -0.2) is 4.98 Å². The minimum absolute atomic E-state index is 0.0643. The van der Waals surface area contributed by atoms with Gasteiger partial charge in [0, 0.05) is 19.3 Å². The molecule has 0 aliphatic heterocycles. The number of para-hydroxylation sites is 2. The normalized spacial score (nSPS) is 12.1. The molecule has 0 spiro atoms. The maximum Gasteiger partial charge on any atom is 0.226 e. The molecule has 142 valence electrons. The predicted molar refractivity (Wildman–Crippen MR) is 102 cm³/mol. The summed E-state index contributed by atoms with van der Waals surface area (Å²) in [7, 11) is 0. The Labute approximate surface area is 160 Å². The number of nitrogens with zero attached hydrogens (tertiary/aromatic N) is 3. The van der Waals surface area contributed by atoms with Crippen molar-refractivity contribution in [3.8, 4) is 0 Å². The molecule has 9 heteroatoms. The number of hydrogen-bond acceptors (Lipinski definition) is 7. The molecule has 0 aliphatic carbocycles. The van der Waals surface area contributed by atoms with Crippen molar-refractivity contribution in [1.29, 1.82) is 0 Å². The number of aryl methyl sites for hydroxylation is 1. The molecular weight excluding hydrogens is 366 g/mol. The molecule has 1 atom stereocenters. The van der Waals surface area contributed by atoms with Gasteiger partial charge in [0.15, 0.2) is 5.58 Å². The first kappa shape index (κ1) is 19.0. The fourth-order valence-corrected chi connectivity index (χ4v) is 3.34. The van der Waals surface area contributed by atoms with Gasteiger partial charge >= 0.3 is 0 Å². The lowest BCUT2D eigenvalue weighted by Gasteiger charge is -2.10. The highest BCUT2D eigenvalue weighted by Crippen LogP contribution is 2.20. The Morgan fingerprint density at radius 2 is 1.96 bits per heavy atom. The third-order valence-corrected chi connectivity index (χ3v) is 4.71. The standard InChI is InChI=1S/C18H21N5O3S/c1-3-6-16-22-23-18(27-16)21-15(25)10-9-14(24)19-11(2)17-20-12-7-4-5-8-13(12)26-17/h4-5,7-8,11H,3,6,9-10H2,1-2H3,(H,19,24)(H,21,23,25). The van der Waals surface area contributed by atoms with Crippen LogP contribution in [0.1, 0.15) is 50.1 Å². The molecule has 2 N–H and O–H groups in total. The molecule has 2 aromatic heterocycles. The largest absolute Gasteiger partial charge is 0.438 e. The first-order chi connectivity index (χ1) is 13.0. The van der Waals surface area contributed by atoms with Crippen LogP contribution >= 0.6 is 11.3 Å². The van der Waals surface area contributed by atoms with Crippen LogP contribution in [0.15, 0.2) is 28.7 Å². The first-order valence-electron chi connectivity index (χ1n) is 8.82. The second-order valence-corrected chi connectivity index (χ2v) is 7.17. The van der Waals surface area contributed by atoms with E-state index >= 15 is 0 Å². The van der Waals surface area contributed by atoms with E-state index in [9.17, 15) is 9.59 Å². The monoisotopic (exact) mass is 387 g/mol. The fraction of sp³-hybridized carbons (Fsp3) is 0.389. The molecule has 3 aromatic rings. The summed E-state index contributed by atoms with van der Waals surface area (Å²) in [5, 5.41) is 14.7. The summed E-state index contributed by atoms with van der Waals surface area (Å²) < 4.78 is 5.64. The molecule has 1 unspecified atom stereocenters. The van der Waals surface area contributed by atoms with Gasteiger partial charge in [-0.05, 0) is 25.5 Å². The summed E-state index contributed by atoms with van der Waals surface area (Å²) in [5.41, 5.74) is 1.42. The summed E-state index contributed by atoms with van der Waals surface area (Å²) in [6, 6.07) is 7.03. The highest BCUT2D eigenvalue weighted by atomic mass is 32.1. The Balaban J connectivity index is 1.46. The highest BCUT2D eigenvalue weighted by molar-refractivity contribution is 7.15. The third-order valence-electron chi connectivity index (χ3n) is 3.81. The van der Waals surface area contributed by atoms with Crippen LogP contribution in [0.4, 0.5) is 5.13 Å². The van der Waals surface area contributed by atoms with Crippen LogP contribution in [0.3, 0.4) is 0 Å². The number of rotatable bonds is 8. The van der Waals surface area contributed by atoms with Gasteiger partial charge in [-0.3, -0.25) is 9.59 Å². The molecule has 8 nitrogen and oxygen atoms in total. The van der Waals surface area contributed by atoms with Gasteiger partial charge in [-0.15, -0.1) is 10.2 Å². The first-order valence-corrected chi connectivity index (χ1v) is 9.64. The average Bonchev–Trinajstić information content (AvgIpc) is 3.27.